The summed E-state index contributed by atoms with van der Waals surface area (Å²) in [7, 11) is 0. The summed E-state index contributed by atoms with van der Waals surface area (Å²) < 4.78 is 9.90. The number of hydrogen-bond acceptors (Lipinski definition) is 5. The second kappa shape index (κ2) is 7.08. The number of benzene rings is 1. The van der Waals surface area contributed by atoms with Gasteiger partial charge in [-0.2, -0.15) is 0 Å². The van der Waals surface area contributed by atoms with Gasteiger partial charge in [-0.25, -0.2) is 4.79 Å². The lowest BCUT2D eigenvalue weighted by Gasteiger charge is -2.13. The molecule has 0 aromatic heterocycles. The first-order chi connectivity index (χ1) is 9.43. The molecule has 0 radical (unpaired) electrons. The molecule has 0 saturated heterocycles. The standard InChI is InChI=1S/C14H15NO5/c1-4-5-10(2)11(3)19-14(16)20-13-8-6-12(7-9-13)15(17)18/h4-9,11H,2H2,1,3H3/b5-4-/t11-/m1/s1. The Kier molecular flexibility index (Phi) is 5.46. The van der Waals surface area contributed by atoms with Crippen molar-refractivity contribution in [2.75, 3.05) is 0 Å². The van der Waals surface area contributed by atoms with Crippen LogP contribution in [0.15, 0.2) is 48.6 Å². The second-order valence-electron chi connectivity index (χ2n) is 3.94. The van der Waals surface area contributed by atoms with Crippen molar-refractivity contribution in [2.24, 2.45) is 0 Å². The van der Waals surface area contributed by atoms with Crippen LogP contribution in [-0.2, 0) is 4.74 Å². The van der Waals surface area contributed by atoms with Crippen LogP contribution in [0.3, 0.4) is 0 Å². The summed E-state index contributed by atoms with van der Waals surface area (Å²) in [6, 6.07) is 5.13. The maximum absolute atomic E-state index is 11.5. The zero-order valence-electron chi connectivity index (χ0n) is 11.2. The van der Waals surface area contributed by atoms with Gasteiger partial charge in [-0.05, 0) is 31.6 Å². The maximum Gasteiger partial charge on any atom is 0.514 e. The molecular weight excluding hydrogens is 262 g/mol. The number of carbonyl (C=O) groups is 1. The first-order valence-corrected chi connectivity index (χ1v) is 5.88. The number of nitrogens with zero attached hydrogens (tertiary/aromatic N) is 1. The third-order valence-electron chi connectivity index (χ3n) is 2.42. The molecule has 0 bridgehead atoms. The largest absolute Gasteiger partial charge is 0.514 e. The molecule has 0 unspecified atom stereocenters. The summed E-state index contributed by atoms with van der Waals surface area (Å²) in [5, 5.41) is 10.5. The minimum atomic E-state index is -0.892. The molecule has 0 amide bonds. The highest BCUT2D eigenvalue weighted by Crippen LogP contribution is 2.18. The van der Waals surface area contributed by atoms with Gasteiger partial charge in [0.15, 0.2) is 0 Å². The van der Waals surface area contributed by atoms with E-state index in [-0.39, 0.29) is 11.4 Å². The molecule has 1 aromatic rings. The molecule has 0 aliphatic rings. The summed E-state index contributed by atoms with van der Waals surface area (Å²) in [6.07, 6.45) is 2.10. The van der Waals surface area contributed by atoms with Crippen molar-refractivity contribution in [1.82, 2.24) is 0 Å². The lowest BCUT2D eigenvalue weighted by atomic mass is 10.2. The Bertz CT molecular complexity index is 533. The Morgan fingerprint density at radius 3 is 2.50 bits per heavy atom. The molecule has 0 aliphatic carbocycles. The summed E-state index contributed by atoms with van der Waals surface area (Å²) >= 11 is 0. The first kappa shape index (κ1) is 15.4. The van der Waals surface area contributed by atoms with Crippen LogP contribution in [0.1, 0.15) is 13.8 Å². The Labute approximate surface area is 116 Å². The third-order valence-corrected chi connectivity index (χ3v) is 2.42. The fraction of sp³-hybridized carbons (Fsp3) is 0.214. The number of ether oxygens (including phenoxy) is 2. The fourth-order valence-corrected chi connectivity index (χ4v) is 1.33. The van der Waals surface area contributed by atoms with Gasteiger partial charge in [0.2, 0.25) is 0 Å². The molecule has 0 aliphatic heterocycles. The van der Waals surface area contributed by atoms with Crippen molar-refractivity contribution in [3.8, 4) is 5.75 Å². The van der Waals surface area contributed by atoms with Crippen LogP contribution < -0.4 is 4.74 Å². The van der Waals surface area contributed by atoms with E-state index < -0.39 is 17.2 Å². The zero-order chi connectivity index (χ0) is 15.1. The number of hydrogen-bond donors (Lipinski definition) is 0. The molecule has 0 spiro atoms. The third kappa shape index (κ3) is 4.56. The monoisotopic (exact) mass is 277 g/mol. The van der Waals surface area contributed by atoms with E-state index in [2.05, 4.69) is 6.58 Å². The molecule has 0 heterocycles. The minimum absolute atomic E-state index is 0.0828. The van der Waals surface area contributed by atoms with Crippen LogP contribution in [-0.4, -0.2) is 17.2 Å². The molecule has 0 fully saturated rings. The van der Waals surface area contributed by atoms with Gasteiger partial charge in [-0.1, -0.05) is 18.7 Å². The van der Waals surface area contributed by atoms with Crippen LogP contribution in [0.5, 0.6) is 5.75 Å². The lowest BCUT2D eigenvalue weighted by molar-refractivity contribution is -0.384. The van der Waals surface area contributed by atoms with Crippen LogP contribution in [0.2, 0.25) is 0 Å². The van der Waals surface area contributed by atoms with Gasteiger partial charge in [0.05, 0.1) is 4.92 Å². The molecule has 6 nitrogen and oxygen atoms in total. The lowest BCUT2D eigenvalue weighted by Crippen LogP contribution is -2.19. The molecule has 20 heavy (non-hydrogen) atoms. The Morgan fingerprint density at radius 1 is 1.40 bits per heavy atom. The number of carbonyl (C=O) groups excluding carboxylic acids is 1. The topological polar surface area (TPSA) is 78.7 Å². The van der Waals surface area contributed by atoms with Crippen molar-refractivity contribution in [3.63, 3.8) is 0 Å². The first-order valence-electron chi connectivity index (χ1n) is 5.88. The van der Waals surface area contributed by atoms with E-state index in [4.69, 9.17) is 9.47 Å². The smallest absolute Gasteiger partial charge is 0.426 e. The van der Waals surface area contributed by atoms with E-state index in [0.29, 0.717) is 5.57 Å². The number of nitro benzene ring substituents is 1. The second-order valence-corrected chi connectivity index (χ2v) is 3.94. The Hall–Kier alpha value is -2.63. The maximum atomic E-state index is 11.5. The number of nitro groups is 1. The highest BCUT2D eigenvalue weighted by Gasteiger charge is 2.14. The van der Waals surface area contributed by atoms with Crippen LogP contribution in [0.25, 0.3) is 0 Å². The molecule has 0 N–H and O–H groups in total. The normalized spacial score (nSPS) is 11.9. The van der Waals surface area contributed by atoms with E-state index in [1.807, 2.05) is 6.92 Å². The van der Waals surface area contributed by atoms with E-state index >= 15 is 0 Å². The molecule has 1 rings (SSSR count). The van der Waals surface area contributed by atoms with Gasteiger partial charge in [0.1, 0.15) is 11.9 Å². The minimum Gasteiger partial charge on any atom is -0.426 e. The average Bonchev–Trinajstić information content (AvgIpc) is 2.39. The van der Waals surface area contributed by atoms with Gasteiger partial charge in [0, 0.05) is 12.1 Å². The van der Waals surface area contributed by atoms with Gasteiger partial charge < -0.3 is 9.47 Å². The predicted octanol–water partition coefficient (Wildman–Crippen LogP) is 3.63. The van der Waals surface area contributed by atoms with Crippen molar-refractivity contribution >= 4 is 11.8 Å². The molecule has 1 aromatic carbocycles. The summed E-state index contributed by atoms with van der Waals surface area (Å²) in [4.78, 5) is 21.4. The molecule has 1 atom stereocenters. The van der Waals surface area contributed by atoms with Crippen molar-refractivity contribution in [1.29, 1.82) is 0 Å². The fourth-order valence-electron chi connectivity index (χ4n) is 1.33. The molecule has 0 saturated carbocycles. The van der Waals surface area contributed by atoms with Crippen LogP contribution in [0.4, 0.5) is 10.5 Å². The van der Waals surface area contributed by atoms with Crippen molar-refractivity contribution in [3.05, 3.63) is 58.7 Å². The average molecular weight is 277 g/mol. The van der Waals surface area contributed by atoms with Crippen LogP contribution in [0, 0.1) is 10.1 Å². The van der Waals surface area contributed by atoms with E-state index in [1.165, 1.54) is 24.3 Å². The predicted molar refractivity (Wildman–Crippen MR) is 73.6 cm³/mol. The van der Waals surface area contributed by atoms with Gasteiger partial charge >= 0.3 is 6.16 Å². The number of allylic oxidation sites excluding steroid dienone is 1. The summed E-state index contributed by atoms with van der Waals surface area (Å²) in [6.45, 7) is 7.23. The summed E-state index contributed by atoms with van der Waals surface area (Å²) in [5.74, 6) is 0.171. The SMILES string of the molecule is C=C(/C=C\C)[C@@H](C)OC(=O)Oc1ccc([N+](=O)[O-])cc1. The van der Waals surface area contributed by atoms with Crippen molar-refractivity contribution in [2.45, 2.75) is 20.0 Å². The van der Waals surface area contributed by atoms with Gasteiger partial charge in [0.25, 0.3) is 5.69 Å². The molecule has 6 heteroatoms. The van der Waals surface area contributed by atoms with Crippen molar-refractivity contribution < 1.29 is 19.2 Å². The van der Waals surface area contributed by atoms with E-state index in [1.54, 1.807) is 19.1 Å². The quantitative estimate of drug-likeness (QED) is 0.270. The molecular formula is C14H15NO5. The van der Waals surface area contributed by atoms with Gasteiger partial charge in [-0.15, -0.1) is 0 Å². The highest BCUT2D eigenvalue weighted by atomic mass is 16.7. The van der Waals surface area contributed by atoms with E-state index in [9.17, 15) is 14.9 Å². The highest BCUT2D eigenvalue weighted by molar-refractivity contribution is 5.64. The Morgan fingerprint density at radius 2 is 2.00 bits per heavy atom. The zero-order valence-corrected chi connectivity index (χ0v) is 11.2. The number of rotatable bonds is 5. The summed E-state index contributed by atoms with van der Waals surface area (Å²) in [5.41, 5.74) is 0.550. The Balaban J connectivity index is 2.58. The molecule has 106 valence electrons. The number of non-ortho nitro benzene ring substituents is 1. The van der Waals surface area contributed by atoms with Gasteiger partial charge in [-0.3, -0.25) is 10.1 Å². The van der Waals surface area contributed by atoms with E-state index in [0.717, 1.165) is 0 Å². The van der Waals surface area contributed by atoms with Crippen LogP contribution >= 0.6 is 0 Å².